The Balaban J connectivity index is 2.50. The van der Waals surface area contributed by atoms with E-state index in [9.17, 15) is 9.59 Å². The van der Waals surface area contributed by atoms with E-state index in [2.05, 4.69) is 0 Å². The lowest BCUT2D eigenvalue weighted by Crippen LogP contribution is -2.38. The molecule has 1 rings (SSSR count). The molecule has 90 valence electrons. The predicted molar refractivity (Wildman–Crippen MR) is 52.2 cm³/mol. The summed E-state index contributed by atoms with van der Waals surface area (Å²) in [5, 5.41) is 9.11. The molecule has 1 aliphatic heterocycles. The van der Waals surface area contributed by atoms with Crippen LogP contribution in [0.25, 0.3) is 0 Å². The lowest BCUT2D eigenvalue weighted by Gasteiger charge is -2.31. The molecule has 0 aliphatic carbocycles. The van der Waals surface area contributed by atoms with Crippen LogP contribution in [0.15, 0.2) is 12.0 Å². The van der Waals surface area contributed by atoms with E-state index in [1.807, 2.05) is 0 Å². The average Bonchev–Trinajstić information content (AvgIpc) is 2.13. The monoisotopic (exact) mass is 230 g/mol. The highest BCUT2D eigenvalue weighted by atomic mass is 16.8. The molecule has 6 nitrogen and oxygen atoms in total. The summed E-state index contributed by atoms with van der Waals surface area (Å²) in [5.41, 5.74) is 0. The van der Waals surface area contributed by atoms with Gasteiger partial charge in [-0.15, -0.1) is 0 Å². The van der Waals surface area contributed by atoms with Gasteiger partial charge in [-0.2, -0.15) is 0 Å². The number of carbonyl (C=O) groups excluding carboxylic acids is 2. The quantitative estimate of drug-likeness (QED) is 0.726. The molecular weight excluding hydrogens is 216 g/mol. The molecule has 0 saturated heterocycles. The van der Waals surface area contributed by atoms with Crippen molar-refractivity contribution in [3.63, 3.8) is 0 Å². The van der Waals surface area contributed by atoms with Crippen LogP contribution < -0.4 is 0 Å². The van der Waals surface area contributed by atoms with Crippen molar-refractivity contribution in [1.29, 1.82) is 0 Å². The molecule has 0 fully saturated rings. The Hall–Kier alpha value is -1.72. The van der Waals surface area contributed by atoms with E-state index in [0.29, 0.717) is 6.61 Å². The summed E-state index contributed by atoms with van der Waals surface area (Å²) >= 11 is 0. The SMILES string of the molecule is CCOC(=O)CCC1(C)OC(=O)C=C(O)O1. The van der Waals surface area contributed by atoms with E-state index in [0.717, 1.165) is 6.08 Å². The Kier molecular flexibility index (Phi) is 3.76. The van der Waals surface area contributed by atoms with Crippen molar-refractivity contribution in [3.8, 4) is 0 Å². The highest BCUT2D eigenvalue weighted by Crippen LogP contribution is 2.26. The number of aliphatic hydroxyl groups excluding tert-OH is 1. The highest BCUT2D eigenvalue weighted by Gasteiger charge is 2.36. The summed E-state index contributed by atoms with van der Waals surface area (Å²) in [4.78, 5) is 22.1. The van der Waals surface area contributed by atoms with Crippen molar-refractivity contribution in [2.45, 2.75) is 32.5 Å². The summed E-state index contributed by atoms with van der Waals surface area (Å²) in [6.45, 7) is 3.46. The van der Waals surface area contributed by atoms with Gasteiger partial charge < -0.3 is 19.3 Å². The molecule has 1 N–H and O–H groups in total. The first-order valence-corrected chi connectivity index (χ1v) is 4.93. The van der Waals surface area contributed by atoms with E-state index in [1.165, 1.54) is 6.92 Å². The molecule has 0 aromatic carbocycles. The number of aliphatic hydroxyl groups is 1. The maximum absolute atomic E-state index is 11.1. The highest BCUT2D eigenvalue weighted by molar-refractivity contribution is 5.83. The van der Waals surface area contributed by atoms with Gasteiger partial charge in [-0.1, -0.05) is 0 Å². The van der Waals surface area contributed by atoms with Crippen LogP contribution in [0.1, 0.15) is 26.7 Å². The Morgan fingerprint density at radius 2 is 2.25 bits per heavy atom. The maximum atomic E-state index is 11.1. The van der Waals surface area contributed by atoms with Gasteiger partial charge in [0.15, 0.2) is 0 Å². The molecule has 1 aliphatic rings. The van der Waals surface area contributed by atoms with Crippen LogP contribution in [0.3, 0.4) is 0 Å². The van der Waals surface area contributed by atoms with E-state index >= 15 is 0 Å². The fraction of sp³-hybridized carbons (Fsp3) is 0.600. The van der Waals surface area contributed by atoms with Gasteiger partial charge in [-0.3, -0.25) is 4.79 Å². The van der Waals surface area contributed by atoms with Gasteiger partial charge in [-0.25, -0.2) is 4.79 Å². The van der Waals surface area contributed by atoms with Gasteiger partial charge in [0.1, 0.15) is 6.08 Å². The van der Waals surface area contributed by atoms with E-state index in [1.54, 1.807) is 6.92 Å². The molecular formula is C10H14O6. The van der Waals surface area contributed by atoms with Gasteiger partial charge in [0, 0.05) is 13.3 Å². The molecule has 0 radical (unpaired) electrons. The van der Waals surface area contributed by atoms with Gasteiger partial charge >= 0.3 is 11.9 Å². The van der Waals surface area contributed by atoms with Crippen molar-refractivity contribution in [2.24, 2.45) is 0 Å². The van der Waals surface area contributed by atoms with Crippen LogP contribution in [0.4, 0.5) is 0 Å². The first-order valence-electron chi connectivity index (χ1n) is 4.93. The molecule has 1 atom stereocenters. The van der Waals surface area contributed by atoms with Gasteiger partial charge in [0.25, 0.3) is 11.7 Å². The Bertz CT molecular complexity index is 321. The zero-order chi connectivity index (χ0) is 12.2. The van der Waals surface area contributed by atoms with E-state index < -0.39 is 23.7 Å². The molecule has 0 spiro atoms. The molecule has 1 unspecified atom stereocenters. The third kappa shape index (κ3) is 3.45. The summed E-state index contributed by atoms with van der Waals surface area (Å²) < 4.78 is 14.5. The average molecular weight is 230 g/mol. The van der Waals surface area contributed by atoms with Crippen molar-refractivity contribution in [3.05, 3.63) is 12.0 Å². The molecule has 0 aromatic heterocycles. The number of esters is 2. The van der Waals surface area contributed by atoms with Crippen molar-refractivity contribution in [2.75, 3.05) is 6.61 Å². The minimum atomic E-state index is -1.32. The smallest absolute Gasteiger partial charge is 0.341 e. The number of hydrogen-bond acceptors (Lipinski definition) is 6. The minimum absolute atomic E-state index is 0.0465. The summed E-state index contributed by atoms with van der Waals surface area (Å²) in [5.74, 6) is -2.93. The van der Waals surface area contributed by atoms with E-state index in [4.69, 9.17) is 19.3 Å². The van der Waals surface area contributed by atoms with Crippen molar-refractivity contribution in [1.82, 2.24) is 0 Å². The van der Waals surface area contributed by atoms with Gasteiger partial charge in [0.2, 0.25) is 0 Å². The number of hydrogen-bond donors (Lipinski definition) is 1. The second-order valence-electron chi connectivity index (χ2n) is 3.44. The van der Waals surface area contributed by atoms with Crippen LogP contribution in [0.5, 0.6) is 0 Å². The Labute approximate surface area is 92.8 Å². The van der Waals surface area contributed by atoms with Crippen LogP contribution >= 0.6 is 0 Å². The van der Waals surface area contributed by atoms with Gasteiger partial charge in [0.05, 0.1) is 13.0 Å². The van der Waals surface area contributed by atoms with Crippen LogP contribution in [0.2, 0.25) is 0 Å². The zero-order valence-electron chi connectivity index (χ0n) is 9.19. The first kappa shape index (κ1) is 12.4. The lowest BCUT2D eigenvalue weighted by atomic mass is 10.1. The molecule has 1 heterocycles. The number of rotatable bonds is 4. The fourth-order valence-corrected chi connectivity index (χ4v) is 1.28. The number of cyclic esters (lactones) is 1. The third-order valence-corrected chi connectivity index (χ3v) is 1.97. The second kappa shape index (κ2) is 4.87. The van der Waals surface area contributed by atoms with Crippen LogP contribution in [-0.4, -0.2) is 29.4 Å². The van der Waals surface area contributed by atoms with Gasteiger partial charge in [-0.05, 0) is 6.92 Å². The third-order valence-electron chi connectivity index (χ3n) is 1.97. The molecule has 0 saturated carbocycles. The summed E-state index contributed by atoms with van der Waals surface area (Å²) in [7, 11) is 0. The molecule has 0 aromatic rings. The first-order chi connectivity index (χ1) is 7.45. The summed E-state index contributed by atoms with van der Waals surface area (Å²) in [6.07, 6.45) is 0.993. The standard InChI is InChI=1S/C10H14O6/c1-3-14-7(11)4-5-10(2)15-8(12)6-9(13)16-10/h6,12H,3-5H2,1-2H3. The minimum Gasteiger partial charge on any atom is -0.481 e. The largest absolute Gasteiger partial charge is 0.481 e. The number of ether oxygens (including phenoxy) is 3. The molecule has 0 bridgehead atoms. The molecule has 16 heavy (non-hydrogen) atoms. The Morgan fingerprint density at radius 1 is 1.56 bits per heavy atom. The lowest BCUT2D eigenvalue weighted by molar-refractivity contribution is -0.231. The van der Waals surface area contributed by atoms with Crippen LogP contribution in [-0.2, 0) is 23.8 Å². The maximum Gasteiger partial charge on any atom is 0.341 e. The van der Waals surface area contributed by atoms with E-state index in [-0.39, 0.29) is 12.8 Å². The predicted octanol–water partition coefficient (Wildman–Crippen LogP) is 1.02. The normalized spacial score (nSPS) is 24.1. The number of carbonyl (C=O) groups is 2. The van der Waals surface area contributed by atoms with Crippen LogP contribution in [0, 0.1) is 0 Å². The zero-order valence-corrected chi connectivity index (χ0v) is 9.19. The fourth-order valence-electron chi connectivity index (χ4n) is 1.28. The topological polar surface area (TPSA) is 82.1 Å². The summed E-state index contributed by atoms with van der Waals surface area (Å²) in [6, 6.07) is 0. The molecule has 6 heteroatoms. The second-order valence-corrected chi connectivity index (χ2v) is 3.44. The van der Waals surface area contributed by atoms with Crippen molar-refractivity contribution >= 4 is 11.9 Å². The Morgan fingerprint density at radius 3 is 2.81 bits per heavy atom. The molecule has 0 amide bonds. The van der Waals surface area contributed by atoms with Crippen molar-refractivity contribution < 1.29 is 28.9 Å².